The van der Waals surface area contributed by atoms with Gasteiger partial charge in [-0.05, 0) is 180 Å². The predicted octanol–water partition coefficient (Wildman–Crippen LogP) is 10.7. The lowest BCUT2D eigenvalue weighted by Gasteiger charge is -2.31. The van der Waals surface area contributed by atoms with Gasteiger partial charge in [-0.15, -0.1) is 0 Å². The molecular formula is C90H106N7O22S4+. The number of carbonyl (C=O) groups excluding carboxylic acids is 7. The lowest BCUT2D eigenvalue weighted by molar-refractivity contribution is -0.437. The van der Waals surface area contributed by atoms with Crippen LogP contribution in [0.4, 0.5) is 11.4 Å². The van der Waals surface area contributed by atoms with Crippen molar-refractivity contribution in [1.82, 2.24) is 26.6 Å². The lowest BCUT2D eigenvalue weighted by Crippen LogP contribution is -2.49. The van der Waals surface area contributed by atoms with Crippen LogP contribution in [0.1, 0.15) is 151 Å². The molecule has 656 valence electrons. The number of rotatable bonds is 49. The third-order valence-electron chi connectivity index (χ3n) is 22.0. The van der Waals surface area contributed by atoms with E-state index in [1.54, 1.807) is 72.8 Å². The Morgan fingerprint density at radius 3 is 1.80 bits per heavy atom. The van der Waals surface area contributed by atoms with Crippen molar-refractivity contribution in [2.24, 2.45) is 11.8 Å². The number of fused-ring (bicyclic) bond motifs is 2. The number of carboxylic acid groups (broad SMARTS) is 2. The van der Waals surface area contributed by atoms with E-state index in [9.17, 15) is 87.2 Å². The van der Waals surface area contributed by atoms with Crippen LogP contribution in [-0.2, 0) is 108 Å². The number of aliphatic carboxylic acids is 2. The first-order valence-corrected chi connectivity index (χ1v) is 45.8. The number of allylic oxidation sites excluding steroid dienone is 7. The summed E-state index contributed by atoms with van der Waals surface area (Å²) >= 11 is 5.19. The van der Waals surface area contributed by atoms with Gasteiger partial charge in [0.2, 0.25) is 23.4 Å². The van der Waals surface area contributed by atoms with Crippen LogP contribution in [0.3, 0.4) is 0 Å². The van der Waals surface area contributed by atoms with Crippen molar-refractivity contribution in [3.8, 4) is 5.75 Å². The molecule has 3 amide bonds. The van der Waals surface area contributed by atoms with Gasteiger partial charge >= 0.3 is 11.9 Å². The standard InChI is InChI=1S/C90H105N7O22S4/c1-89(2)72-31-13-15-33-76(72)96(50-20-52-121(109,110)111)79(89)44-36-64-28-17-29-65(84(64)119-70-39-41-71(42-40-70)123(115,116)117)37-45-80-90(3,73-32-14-16-34-77(73)97(80)51-21-53-122(112,113)114)48-18-35-81(102)93-75(56-63-26-11-6-12-27-63)78(101)58-67(55-62-24-9-5-10-25-62)86(106)92-59-69(100)30-19-49-91-85(105)66(54-61-22-7-4-8-23-61)57-68(99)38-43-74(87(107)108)94-88(120)95-82(118-60-98)46-47-83(103)104/h4-16,22-27,31-34,36-37,39-42,44-45,60,66-67,74-75,82H,17-21,28-30,35,38,43,46-59H2,1-3H3,(H9-,91,92,93,94,95,102,103,104,105,106,107,108,109,110,111,112,113,114,115,116,117,120)/p+1/t66-,67-,74+,75+,82-,90?/m1/s1. The van der Waals surface area contributed by atoms with Crippen LogP contribution < -0.4 is 36.2 Å². The fraction of sp³-hybridized carbons (Fsp3) is 0.389. The zero-order valence-corrected chi connectivity index (χ0v) is 72.0. The molecular weight excluding hydrogens is 1660 g/mol. The molecule has 123 heavy (non-hydrogen) atoms. The van der Waals surface area contributed by atoms with Gasteiger partial charge in [0.15, 0.2) is 28.6 Å². The second-order valence-corrected chi connectivity index (χ2v) is 36.5. The summed E-state index contributed by atoms with van der Waals surface area (Å²) in [7, 11) is -13.3. The number of nitrogens with zero attached hydrogens (tertiary/aromatic N) is 2. The van der Waals surface area contributed by atoms with Crippen LogP contribution in [0.25, 0.3) is 0 Å². The Kier molecular flexibility index (Phi) is 34.8. The molecule has 1 unspecified atom stereocenters. The highest BCUT2D eigenvalue weighted by Crippen LogP contribution is 2.51. The molecule has 2 heterocycles. The molecule has 6 aromatic rings. The third-order valence-corrected chi connectivity index (χ3v) is 24.7. The highest BCUT2D eigenvalue weighted by atomic mass is 32.2. The van der Waals surface area contributed by atoms with Gasteiger partial charge in [0, 0.05) is 104 Å². The van der Waals surface area contributed by atoms with E-state index < -0.39 is 137 Å². The van der Waals surface area contributed by atoms with E-state index in [-0.39, 0.29) is 138 Å². The number of para-hydroxylation sites is 2. The molecule has 0 aromatic heterocycles. The van der Waals surface area contributed by atoms with Crippen LogP contribution in [0.5, 0.6) is 5.75 Å². The van der Waals surface area contributed by atoms with Gasteiger partial charge in [0.05, 0.1) is 40.8 Å². The Morgan fingerprint density at radius 2 is 1.19 bits per heavy atom. The molecule has 6 atom stereocenters. The van der Waals surface area contributed by atoms with E-state index in [1.165, 1.54) is 24.3 Å². The summed E-state index contributed by atoms with van der Waals surface area (Å²) < 4.78 is 116. The van der Waals surface area contributed by atoms with Gasteiger partial charge in [0.25, 0.3) is 36.8 Å². The van der Waals surface area contributed by atoms with E-state index in [0.29, 0.717) is 42.7 Å². The van der Waals surface area contributed by atoms with Crippen molar-refractivity contribution >= 4 is 118 Å². The number of ketones is 3. The van der Waals surface area contributed by atoms with Crippen LogP contribution in [0.2, 0.25) is 0 Å². The Labute approximate surface area is 722 Å². The Balaban J connectivity index is 0.898. The highest BCUT2D eigenvalue weighted by molar-refractivity contribution is 7.86. The number of thiocarbonyl (C=S) groups is 1. The van der Waals surface area contributed by atoms with Crippen LogP contribution in [-0.4, -0.2) is 174 Å². The molecule has 0 fully saturated rings. The summed E-state index contributed by atoms with van der Waals surface area (Å²) in [5, 5.41) is 32.4. The third kappa shape index (κ3) is 29.0. The monoisotopic (exact) mass is 1760 g/mol. The molecule has 0 saturated carbocycles. The van der Waals surface area contributed by atoms with Gasteiger partial charge in [-0.25, -0.2) is 4.79 Å². The summed E-state index contributed by atoms with van der Waals surface area (Å²) in [5.74, 6) is -7.61. The number of ether oxygens (including phenoxy) is 2. The van der Waals surface area contributed by atoms with Crippen LogP contribution in [0, 0.1) is 11.8 Å². The summed E-state index contributed by atoms with van der Waals surface area (Å²) in [6.07, 6.45) is 7.47. The summed E-state index contributed by atoms with van der Waals surface area (Å²) in [6, 6.07) is 45.1. The first kappa shape index (κ1) is 95.6. The number of hydrogen-bond donors (Lipinski definition) is 10. The fourth-order valence-corrected chi connectivity index (χ4v) is 17.5. The van der Waals surface area contributed by atoms with Crippen molar-refractivity contribution in [3.05, 3.63) is 239 Å². The second-order valence-electron chi connectivity index (χ2n) is 31.5. The maximum absolute atomic E-state index is 15.0. The number of hydrogen-bond acceptors (Lipinski definition) is 19. The van der Waals surface area contributed by atoms with Crippen LogP contribution in [0.15, 0.2) is 216 Å². The molecule has 0 spiro atoms. The van der Waals surface area contributed by atoms with E-state index in [1.807, 2.05) is 107 Å². The second kappa shape index (κ2) is 44.7. The van der Waals surface area contributed by atoms with Gasteiger partial charge in [-0.1, -0.05) is 133 Å². The van der Waals surface area contributed by atoms with Gasteiger partial charge in [0.1, 0.15) is 29.9 Å². The quantitative estimate of drug-likeness (QED) is 0.00423. The Hall–Kier alpha value is -11.2. The first-order valence-electron chi connectivity index (χ1n) is 40.7. The van der Waals surface area contributed by atoms with Crippen molar-refractivity contribution in [2.45, 2.75) is 177 Å². The fourth-order valence-electron chi connectivity index (χ4n) is 15.7. The van der Waals surface area contributed by atoms with Crippen molar-refractivity contribution in [1.29, 1.82) is 0 Å². The molecule has 2 aliphatic heterocycles. The number of Topliss-reactive ketones (excluding diaryl/α,β-unsaturated/α-hetero) is 3. The number of benzene rings is 6. The van der Waals surface area contributed by atoms with E-state index in [0.717, 1.165) is 50.5 Å². The summed E-state index contributed by atoms with van der Waals surface area (Å²) in [5.41, 5.74) is 7.22. The van der Waals surface area contributed by atoms with E-state index >= 15 is 0 Å². The minimum atomic E-state index is -4.58. The predicted molar refractivity (Wildman–Crippen MR) is 466 cm³/mol. The first-order chi connectivity index (χ1) is 58.5. The maximum atomic E-state index is 15.0. The number of amides is 3. The normalized spacial score (nSPS) is 16.9. The zero-order valence-electron chi connectivity index (χ0n) is 68.7. The molecule has 33 heteroatoms. The minimum Gasteiger partial charge on any atom is -0.481 e. The lowest BCUT2D eigenvalue weighted by atomic mass is 9.77. The van der Waals surface area contributed by atoms with Gasteiger partial charge < -0.3 is 51.2 Å². The molecule has 0 radical (unpaired) electrons. The minimum absolute atomic E-state index is 0.00775. The van der Waals surface area contributed by atoms with Crippen molar-refractivity contribution in [2.75, 3.05) is 42.6 Å². The zero-order chi connectivity index (χ0) is 89.1. The smallest absolute Gasteiger partial charge is 0.326 e. The maximum Gasteiger partial charge on any atom is 0.326 e. The molecule has 0 bridgehead atoms. The molecule has 6 aromatic carbocycles. The summed E-state index contributed by atoms with van der Waals surface area (Å²) in [4.78, 5) is 121. The molecule has 3 aliphatic rings. The van der Waals surface area contributed by atoms with Gasteiger partial charge in [-0.3, -0.25) is 52.0 Å². The molecule has 29 nitrogen and oxygen atoms in total. The van der Waals surface area contributed by atoms with Gasteiger partial charge in [-0.2, -0.15) is 29.8 Å². The Bertz CT molecular complexity index is 5330. The number of carbonyl (C=O) groups is 9. The number of nitrogens with one attached hydrogen (secondary N) is 5. The topological polar surface area (TPSA) is 442 Å². The molecule has 9 rings (SSSR count). The van der Waals surface area contributed by atoms with Crippen molar-refractivity contribution < 1.29 is 106 Å². The Morgan fingerprint density at radius 1 is 0.593 bits per heavy atom. The largest absolute Gasteiger partial charge is 0.481 e. The molecule has 0 saturated heterocycles. The van der Waals surface area contributed by atoms with E-state index in [2.05, 4.69) is 40.4 Å². The molecule has 1 aliphatic carbocycles. The highest BCUT2D eigenvalue weighted by Gasteiger charge is 2.46. The van der Waals surface area contributed by atoms with E-state index in [4.69, 9.17) is 26.8 Å². The summed E-state index contributed by atoms with van der Waals surface area (Å²) in [6.45, 7) is 6.22. The average molecular weight is 1770 g/mol. The van der Waals surface area contributed by atoms with Crippen LogP contribution >= 0.6 is 12.2 Å². The number of carboxylic acids is 2. The average Bonchev–Trinajstić information content (AvgIpc) is 1.59. The van der Waals surface area contributed by atoms with Crippen molar-refractivity contribution in [3.63, 3.8) is 0 Å². The molecule has 10 N–H and O–H groups in total. The SMILES string of the molecule is CC1(C)C(/C=C/C2=C(Oc3ccc(S(=O)(=O)O)cc3)C(=C/C=C3/N(CCCS(=O)(=O)O)c4ccccc4C3(C)CCCC(=O)N[C@@H](Cc3ccccc3)C(=O)C[C@@H](Cc3ccccc3)C(=O)NCC(=O)CCCNC(=O)[C@@H](CC(=O)CC[C@H](NC(=S)N[C@@H](CCC(=O)O)OC=O)C(=O)O)Cc3ccccc3)/CCC2)=[N+](CCCS(=O)(=O)O)c2ccccc21. The number of anilines is 1.